The highest BCUT2D eigenvalue weighted by Crippen LogP contribution is 2.26. The van der Waals surface area contributed by atoms with Crippen molar-refractivity contribution in [2.45, 2.75) is 0 Å². The second-order valence-corrected chi connectivity index (χ2v) is 5.91. The standard InChI is InChI=1S/C16H12ClN3OS/c17-13-8-6-12(7-9-13)10-18-19-16-20(15(21)11-22-16)14-4-2-1-3-5-14/h1-10H,11H2/b18-10-,19-16-. The zero-order valence-corrected chi connectivity index (χ0v) is 13.1. The molecule has 4 nitrogen and oxygen atoms in total. The highest BCUT2D eigenvalue weighted by molar-refractivity contribution is 8.15. The number of hydrogen-bond acceptors (Lipinski definition) is 4. The second kappa shape index (κ2) is 6.77. The van der Waals surface area contributed by atoms with Gasteiger partial charge in [-0.2, -0.15) is 5.10 Å². The van der Waals surface area contributed by atoms with Crippen molar-refractivity contribution in [2.75, 3.05) is 10.7 Å². The first-order chi connectivity index (χ1) is 10.7. The number of amides is 1. The van der Waals surface area contributed by atoms with Gasteiger partial charge in [0.15, 0.2) is 5.17 Å². The van der Waals surface area contributed by atoms with Crippen LogP contribution in [0.2, 0.25) is 5.02 Å². The predicted molar refractivity (Wildman–Crippen MR) is 92.9 cm³/mol. The molecular weight excluding hydrogens is 318 g/mol. The molecule has 1 aliphatic rings. The molecule has 22 heavy (non-hydrogen) atoms. The summed E-state index contributed by atoms with van der Waals surface area (Å²) in [6.45, 7) is 0. The Morgan fingerprint density at radius 2 is 1.82 bits per heavy atom. The van der Waals surface area contributed by atoms with Gasteiger partial charge in [0.25, 0.3) is 0 Å². The lowest BCUT2D eigenvalue weighted by molar-refractivity contribution is -0.115. The van der Waals surface area contributed by atoms with E-state index in [-0.39, 0.29) is 5.91 Å². The number of halogens is 1. The average molecular weight is 330 g/mol. The Hall–Kier alpha value is -2.11. The Labute approximate surface area is 137 Å². The summed E-state index contributed by atoms with van der Waals surface area (Å²) in [5.41, 5.74) is 1.70. The SMILES string of the molecule is O=C1CS/C(=N\N=C/c2ccc(Cl)cc2)N1c1ccccc1. The summed E-state index contributed by atoms with van der Waals surface area (Å²) >= 11 is 7.22. The summed E-state index contributed by atoms with van der Waals surface area (Å²) < 4.78 is 0. The summed E-state index contributed by atoms with van der Waals surface area (Å²) in [5, 5.41) is 9.50. The molecule has 2 aromatic rings. The minimum absolute atomic E-state index is 0.0108. The number of carbonyl (C=O) groups is 1. The molecule has 0 bridgehead atoms. The minimum atomic E-state index is 0.0108. The van der Waals surface area contributed by atoms with Gasteiger partial charge in [0.2, 0.25) is 5.91 Å². The monoisotopic (exact) mass is 329 g/mol. The normalized spacial score (nSPS) is 16.9. The van der Waals surface area contributed by atoms with Crippen molar-refractivity contribution in [1.82, 2.24) is 0 Å². The number of amidine groups is 1. The van der Waals surface area contributed by atoms with E-state index in [0.29, 0.717) is 15.9 Å². The van der Waals surface area contributed by atoms with Crippen LogP contribution < -0.4 is 4.90 Å². The molecule has 3 rings (SSSR count). The lowest BCUT2D eigenvalue weighted by Gasteiger charge is -2.14. The van der Waals surface area contributed by atoms with E-state index in [0.717, 1.165) is 11.3 Å². The Bertz CT molecular complexity index is 729. The van der Waals surface area contributed by atoms with Crippen LogP contribution in [0.15, 0.2) is 64.8 Å². The largest absolute Gasteiger partial charge is 0.273 e. The number of nitrogens with zero attached hydrogens (tertiary/aromatic N) is 3. The maximum absolute atomic E-state index is 12.0. The molecule has 1 fully saturated rings. The Kier molecular flexibility index (Phi) is 4.56. The molecule has 1 heterocycles. The molecule has 1 aliphatic heterocycles. The molecule has 0 spiro atoms. The van der Waals surface area contributed by atoms with Crippen LogP contribution in [-0.4, -0.2) is 23.0 Å². The molecule has 1 saturated heterocycles. The van der Waals surface area contributed by atoms with E-state index in [1.807, 2.05) is 42.5 Å². The lowest BCUT2D eigenvalue weighted by Crippen LogP contribution is -2.28. The van der Waals surface area contributed by atoms with Crippen LogP contribution in [0, 0.1) is 0 Å². The third kappa shape index (κ3) is 3.37. The van der Waals surface area contributed by atoms with Crippen molar-refractivity contribution in [1.29, 1.82) is 0 Å². The summed E-state index contributed by atoms with van der Waals surface area (Å²) in [4.78, 5) is 13.6. The average Bonchev–Trinajstić information content (AvgIpc) is 2.91. The first kappa shape index (κ1) is 14.8. The molecule has 0 radical (unpaired) electrons. The van der Waals surface area contributed by atoms with Crippen LogP contribution in [0.5, 0.6) is 0 Å². The molecule has 0 atom stereocenters. The first-order valence-corrected chi connectivity index (χ1v) is 7.98. The van der Waals surface area contributed by atoms with Crippen molar-refractivity contribution < 1.29 is 4.79 Å². The van der Waals surface area contributed by atoms with Gasteiger partial charge in [-0.05, 0) is 29.8 Å². The fraction of sp³-hybridized carbons (Fsp3) is 0.0625. The van der Waals surface area contributed by atoms with E-state index in [2.05, 4.69) is 10.2 Å². The molecule has 1 amide bonds. The highest BCUT2D eigenvalue weighted by atomic mass is 35.5. The maximum Gasteiger partial charge on any atom is 0.243 e. The maximum atomic E-state index is 12.0. The van der Waals surface area contributed by atoms with Crippen LogP contribution in [0.1, 0.15) is 5.56 Å². The quantitative estimate of drug-likeness (QED) is 0.635. The van der Waals surface area contributed by atoms with Crippen LogP contribution in [-0.2, 0) is 4.79 Å². The van der Waals surface area contributed by atoms with E-state index in [9.17, 15) is 4.79 Å². The predicted octanol–water partition coefficient (Wildman–Crippen LogP) is 3.81. The van der Waals surface area contributed by atoms with Gasteiger partial charge in [-0.1, -0.05) is 53.7 Å². The summed E-state index contributed by atoms with van der Waals surface area (Å²) in [7, 11) is 0. The smallest absolute Gasteiger partial charge is 0.243 e. The second-order valence-electron chi connectivity index (χ2n) is 4.53. The molecule has 110 valence electrons. The van der Waals surface area contributed by atoms with Gasteiger partial charge in [-0.3, -0.25) is 9.69 Å². The van der Waals surface area contributed by atoms with Gasteiger partial charge >= 0.3 is 0 Å². The Morgan fingerprint density at radius 1 is 1.09 bits per heavy atom. The Balaban J connectivity index is 1.80. The van der Waals surface area contributed by atoms with Crippen molar-refractivity contribution in [3.05, 3.63) is 65.2 Å². The number of para-hydroxylation sites is 1. The number of thioether (sulfide) groups is 1. The zero-order valence-electron chi connectivity index (χ0n) is 11.5. The molecular formula is C16H12ClN3OS. The van der Waals surface area contributed by atoms with Crippen LogP contribution >= 0.6 is 23.4 Å². The van der Waals surface area contributed by atoms with E-state index in [4.69, 9.17) is 11.6 Å². The topological polar surface area (TPSA) is 45.0 Å². The molecule has 0 aliphatic carbocycles. The molecule has 0 N–H and O–H groups in total. The van der Waals surface area contributed by atoms with Gasteiger partial charge in [0.05, 0.1) is 17.7 Å². The van der Waals surface area contributed by atoms with Crippen LogP contribution in [0.25, 0.3) is 0 Å². The zero-order chi connectivity index (χ0) is 15.4. The molecule has 6 heteroatoms. The third-order valence-corrected chi connectivity index (χ3v) is 4.17. The van der Waals surface area contributed by atoms with Crippen LogP contribution in [0.3, 0.4) is 0 Å². The fourth-order valence-electron chi connectivity index (χ4n) is 1.96. The third-order valence-electron chi connectivity index (χ3n) is 3.00. The fourth-order valence-corrected chi connectivity index (χ4v) is 2.91. The summed E-state index contributed by atoms with van der Waals surface area (Å²) in [6.07, 6.45) is 1.63. The highest BCUT2D eigenvalue weighted by Gasteiger charge is 2.29. The van der Waals surface area contributed by atoms with Gasteiger partial charge < -0.3 is 0 Å². The number of benzene rings is 2. The van der Waals surface area contributed by atoms with Gasteiger partial charge in [-0.25, -0.2) is 0 Å². The number of anilines is 1. The van der Waals surface area contributed by atoms with Crippen molar-refractivity contribution in [3.63, 3.8) is 0 Å². The van der Waals surface area contributed by atoms with E-state index in [1.165, 1.54) is 11.8 Å². The van der Waals surface area contributed by atoms with E-state index >= 15 is 0 Å². The van der Waals surface area contributed by atoms with Crippen molar-refractivity contribution in [2.24, 2.45) is 10.2 Å². The molecule has 2 aromatic carbocycles. The lowest BCUT2D eigenvalue weighted by atomic mass is 10.2. The summed E-state index contributed by atoms with van der Waals surface area (Å²) in [6, 6.07) is 16.7. The number of carbonyl (C=O) groups excluding carboxylic acids is 1. The van der Waals surface area contributed by atoms with E-state index < -0.39 is 0 Å². The Morgan fingerprint density at radius 3 is 2.55 bits per heavy atom. The number of rotatable bonds is 3. The molecule has 0 saturated carbocycles. The van der Waals surface area contributed by atoms with Crippen molar-refractivity contribution >= 4 is 46.3 Å². The van der Waals surface area contributed by atoms with Gasteiger partial charge in [-0.15, -0.1) is 5.10 Å². The first-order valence-electron chi connectivity index (χ1n) is 6.61. The molecule has 0 aromatic heterocycles. The van der Waals surface area contributed by atoms with Gasteiger partial charge in [0.1, 0.15) is 0 Å². The van der Waals surface area contributed by atoms with E-state index in [1.54, 1.807) is 23.2 Å². The van der Waals surface area contributed by atoms with Crippen LogP contribution in [0.4, 0.5) is 5.69 Å². The van der Waals surface area contributed by atoms with Gasteiger partial charge in [0, 0.05) is 5.02 Å². The van der Waals surface area contributed by atoms with Crippen molar-refractivity contribution in [3.8, 4) is 0 Å². The minimum Gasteiger partial charge on any atom is -0.273 e. The number of hydrogen-bond donors (Lipinski definition) is 0. The summed E-state index contributed by atoms with van der Waals surface area (Å²) in [5.74, 6) is 0.390. The molecule has 0 unspecified atom stereocenters.